The monoisotopic (exact) mass is 400 g/mol. The number of halogens is 3. The minimum absolute atomic E-state index is 0.0193. The lowest BCUT2D eigenvalue weighted by atomic mass is 10.2. The highest BCUT2D eigenvalue weighted by molar-refractivity contribution is 7.89. The summed E-state index contributed by atoms with van der Waals surface area (Å²) in [6, 6.07) is 8.82. The van der Waals surface area contributed by atoms with Crippen LogP contribution in [0, 0.1) is 11.6 Å². The summed E-state index contributed by atoms with van der Waals surface area (Å²) in [6.45, 7) is 0.359. The molecule has 0 atom stereocenters. The molecule has 1 aliphatic heterocycles. The SMILES string of the molecule is O=C(c1cccc(Cl)c1)N1CCN(S(=O)(=O)c2ccc(F)cc2F)CC1. The van der Waals surface area contributed by atoms with Crippen molar-refractivity contribution in [1.82, 2.24) is 9.21 Å². The van der Waals surface area contributed by atoms with Crippen molar-refractivity contribution in [2.75, 3.05) is 26.2 Å². The van der Waals surface area contributed by atoms with E-state index in [1.807, 2.05) is 0 Å². The van der Waals surface area contributed by atoms with Gasteiger partial charge >= 0.3 is 0 Å². The predicted octanol–water partition coefficient (Wildman–Crippen LogP) is 2.76. The molecule has 2 aromatic carbocycles. The van der Waals surface area contributed by atoms with Gasteiger partial charge in [-0.3, -0.25) is 4.79 Å². The van der Waals surface area contributed by atoms with Crippen LogP contribution in [0.2, 0.25) is 5.02 Å². The molecule has 1 aliphatic rings. The second-order valence-electron chi connectivity index (χ2n) is 5.78. The summed E-state index contributed by atoms with van der Waals surface area (Å²) in [5, 5.41) is 0.434. The number of hydrogen-bond donors (Lipinski definition) is 0. The van der Waals surface area contributed by atoms with E-state index in [1.165, 1.54) is 4.90 Å². The van der Waals surface area contributed by atoms with Crippen LogP contribution in [-0.4, -0.2) is 49.7 Å². The van der Waals surface area contributed by atoms with Gasteiger partial charge in [-0.2, -0.15) is 4.31 Å². The Kier molecular flexibility index (Phi) is 5.27. The molecule has 0 spiro atoms. The molecular weight excluding hydrogens is 386 g/mol. The fourth-order valence-corrected chi connectivity index (χ4v) is 4.42. The highest BCUT2D eigenvalue weighted by Gasteiger charge is 2.32. The molecule has 0 radical (unpaired) electrons. The molecular formula is C17H15ClF2N2O3S. The van der Waals surface area contributed by atoms with Crippen LogP contribution in [0.4, 0.5) is 8.78 Å². The van der Waals surface area contributed by atoms with Gasteiger partial charge in [0.15, 0.2) is 0 Å². The lowest BCUT2D eigenvalue weighted by Crippen LogP contribution is -2.50. The molecule has 0 saturated carbocycles. The van der Waals surface area contributed by atoms with Crippen molar-refractivity contribution in [3.8, 4) is 0 Å². The van der Waals surface area contributed by atoms with Crippen molar-refractivity contribution in [3.05, 3.63) is 64.7 Å². The summed E-state index contributed by atoms with van der Waals surface area (Å²) in [5.74, 6) is -2.24. The molecule has 5 nitrogen and oxygen atoms in total. The Hall–Kier alpha value is -2.03. The van der Waals surface area contributed by atoms with E-state index in [-0.39, 0.29) is 32.1 Å². The zero-order valence-electron chi connectivity index (χ0n) is 13.5. The van der Waals surface area contributed by atoms with Gasteiger partial charge in [-0.25, -0.2) is 17.2 Å². The lowest BCUT2D eigenvalue weighted by Gasteiger charge is -2.34. The van der Waals surface area contributed by atoms with Gasteiger partial charge < -0.3 is 4.90 Å². The number of benzene rings is 2. The number of carbonyl (C=O) groups excluding carboxylic acids is 1. The fourth-order valence-electron chi connectivity index (χ4n) is 2.76. The van der Waals surface area contributed by atoms with Crippen LogP contribution in [0.25, 0.3) is 0 Å². The van der Waals surface area contributed by atoms with Crippen molar-refractivity contribution in [2.24, 2.45) is 0 Å². The molecule has 1 heterocycles. The van der Waals surface area contributed by atoms with E-state index in [0.717, 1.165) is 16.4 Å². The van der Waals surface area contributed by atoms with E-state index in [1.54, 1.807) is 24.3 Å². The Balaban J connectivity index is 1.72. The number of carbonyl (C=O) groups is 1. The van der Waals surface area contributed by atoms with Crippen molar-refractivity contribution < 1.29 is 22.0 Å². The van der Waals surface area contributed by atoms with Crippen LogP contribution >= 0.6 is 11.6 Å². The number of nitrogens with zero attached hydrogens (tertiary/aromatic N) is 2. The second kappa shape index (κ2) is 7.30. The Morgan fingerprint density at radius 3 is 2.31 bits per heavy atom. The zero-order valence-corrected chi connectivity index (χ0v) is 15.1. The predicted molar refractivity (Wildman–Crippen MR) is 92.5 cm³/mol. The smallest absolute Gasteiger partial charge is 0.253 e. The van der Waals surface area contributed by atoms with Gasteiger partial charge in [0.1, 0.15) is 16.5 Å². The first-order valence-corrected chi connectivity index (χ1v) is 9.61. The summed E-state index contributed by atoms with van der Waals surface area (Å²) in [6.07, 6.45) is 0. The highest BCUT2D eigenvalue weighted by Crippen LogP contribution is 2.22. The van der Waals surface area contributed by atoms with E-state index < -0.39 is 26.6 Å². The van der Waals surface area contributed by atoms with Gasteiger partial charge in [0.2, 0.25) is 10.0 Å². The van der Waals surface area contributed by atoms with Crippen LogP contribution in [0.3, 0.4) is 0 Å². The minimum Gasteiger partial charge on any atom is -0.336 e. The molecule has 1 fully saturated rings. The molecule has 0 aliphatic carbocycles. The van der Waals surface area contributed by atoms with Crippen LogP contribution < -0.4 is 0 Å². The van der Waals surface area contributed by atoms with Gasteiger partial charge in [0.25, 0.3) is 5.91 Å². The van der Waals surface area contributed by atoms with Crippen LogP contribution in [0.5, 0.6) is 0 Å². The zero-order chi connectivity index (χ0) is 18.9. The number of piperazine rings is 1. The van der Waals surface area contributed by atoms with Crippen LogP contribution in [-0.2, 0) is 10.0 Å². The average Bonchev–Trinajstić information content (AvgIpc) is 2.61. The largest absolute Gasteiger partial charge is 0.336 e. The summed E-state index contributed by atoms with van der Waals surface area (Å²) in [5.41, 5.74) is 0.415. The molecule has 0 bridgehead atoms. The second-order valence-corrected chi connectivity index (χ2v) is 8.12. The minimum atomic E-state index is -4.10. The first kappa shape index (κ1) is 18.8. The summed E-state index contributed by atoms with van der Waals surface area (Å²) < 4.78 is 53.0. The first-order chi connectivity index (χ1) is 12.3. The van der Waals surface area contributed by atoms with E-state index in [2.05, 4.69) is 0 Å². The topological polar surface area (TPSA) is 57.7 Å². The van der Waals surface area contributed by atoms with E-state index in [0.29, 0.717) is 16.7 Å². The molecule has 9 heteroatoms. The Morgan fingerprint density at radius 1 is 1.00 bits per heavy atom. The molecule has 138 valence electrons. The number of hydrogen-bond acceptors (Lipinski definition) is 3. The quantitative estimate of drug-likeness (QED) is 0.796. The number of sulfonamides is 1. The highest BCUT2D eigenvalue weighted by atomic mass is 35.5. The Bertz CT molecular complexity index is 945. The molecule has 3 rings (SSSR count). The van der Waals surface area contributed by atoms with Crippen LogP contribution in [0.1, 0.15) is 10.4 Å². The first-order valence-electron chi connectivity index (χ1n) is 7.79. The van der Waals surface area contributed by atoms with E-state index >= 15 is 0 Å². The molecule has 26 heavy (non-hydrogen) atoms. The maximum atomic E-state index is 13.8. The van der Waals surface area contributed by atoms with Gasteiger partial charge in [-0.1, -0.05) is 17.7 Å². The fraction of sp³-hybridized carbons (Fsp3) is 0.235. The standard InChI is InChI=1S/C17H15ClF2N2O3S/c18-13-3-1-2-12(10-13)17(23)21-6-8-22(9-7-21)26(24,25)16-5-4-14(19)11-15(16)20/h1-5,10-11H,6-9H2. The van der Waals surface area contributed by atoms with Gasteiger partial charge in [-0.15, -0.1) is 0 Å². The summed E-state index contributed by atoms with van der Waals surface area (Å²) in [4.78, 5) is 13.4. The number of amides is 1. The van der Waals surface area contributed by atoms with Crippen LogP contribution in [0.15, 0.2) is 47.4 Å². The van der Waals surface area contributed by atoms with E-state index in [9.17, 15) is 22.0 Å². The normalized spacial score (nSPS) is 15.9. The van der Waals surface area contributed by atoms with E-state index in [4.69, 9.17) is 11.6 Å². The van der Waals surface area contributed by atoms with Crippen molar-refractivity contribution >= 4 is 27.5 Å². The third-order valence-electron chi connectivity index (χ3n) is 4.11. The third-order valence-corrected chi connectivity index (χ3v) is 6.28. The average molecular weight is 401 g/mol. The maximum absolute atomic E-state index is 13.8. The molecule has 0 N–H and O–H groups in total. The molecule has 0 unspecified atom stereocenters. The number of rotatable bonds is 3. The maximum Gasteiger partial charge on any atom is 0.253 e. The molecule has 2 aromatic rings. The van der Waals surface area contributed by atoms with Crippen molar-refractivity contribution in [3.63, 3.8) is 0 Å². The van der Waals surface area contributed by atoms with Gasteiger partial charge in [0.05, 0.1) is 0 Å². The summed E-state index contributed by atoms with van der Waals surface area (Å²) in [7, 11) is -4.10. The van der Waals surface area contributed by atoms with Gasteiger partial charge in [0, 0.05) is 42.8 Å². The molecule has 1 saturated heterocycles. The van der Waals surface area contributed by atoms with Crippen molar-refractivity contribution in [1.29, 1.82) is 0 Å². The molecule has 0 aromatic heterocycles. The third kappa shape index (κ3) is 3.72. The van der Waals surface area contributed by atoms with Crippen molar-refractivity contribution in [2.45, 2.75) is 4.90 Å². The lowest BCUT2D eigenvalue weighted by molar-refractivity contribution is 0.0697. The Morgan fingerprint density at radius 2 is 1.69 bits per heavy atom. The Labute approximate surface area is 154 Å². The summed E-state index contributed by atoms with van der Waals surface area (Å²) >= 11 is 5.88. The molecule has 1 amide bonds. The van der Waals surface area contributed by atoms with Gasteiger partial charge in [-0.05, 0) is 30.3 Å².